The first-order valence-corrected chi connectivity index (χ1v) is 10.8. The van der Waals surface area contributed by atoms with E-state index in [1.54, 1.807) is 45.0 Å². The van der Waals surface area contributed by atoms with E-state index in [0.717, 1.165) is 23.3 Å². The number of benzene rings is 2. The van der Waals surface area contributed by atoms with Crippen LogP contribution in [0.3, 0.4) is 0 Å². The molecule has 0 saturated carbocycles. The Hall–Kier alpha value is -3.48. The summed E-state index contributed by atoms with van der Waals surface area (Å²) < 4.78 is 0. The van der Waals surface area contributed by atoms with Crippen LogP contribution in [0.1, 0.15) is 55.6 Å². The predicted octanol–water partition coefficient (Wildman–Crippen LogP) is 3.88. The van der Waals surface area contributed by atoms with Crippen LogP contribution in [0.15, 0.2) is 48.5 Å². The van der Waals surface area contributed by atoms with Crippen LogP contribution in [0, 0.1) is 5.92 Å². The minimum atomic E-state index is -1.22. The van der Waals surface area contributed by atoms with Crippen molar-refractivity contribution >= 4 is 29.3 Å². The van der Waals surface area contributed by atoms with Crippen LogP contribution < -0.4 is 10.6 Å². The van der Waals surface area contributed by atoms with E-state index in [4.69, 9.17) is 0 Å². The highest BCUT2D eigenvalue weighted by atomic mass is 16.2. The summed E-state index contributed by atoms with van der Waals surface area (Å²) in [6, 6.07) is 13.4. The van der Waals surface area contributed by atoms with Crippen LogP contribution in [0.5, 0.6) is 0 Å². The molecule has 2 aromatic carbocycles. The van der Waals surface area contributed by atoms with Crippen molar-refractivity contribution < 1.29 is 19.2 Å². The lowest BCUT2D eigenvalue weighted by atomic mass is 9.91. The van der Waals surface area contributed by atoms with Gasteiger partial charge in [0, 0.05) is 17.2 Å². The Balaban J connectivity index is 1.71. The number of urea groups is 1. The van der Waals surface area contributed by atoms with Gasteiger partial charge < -0.3 is 10.6 Å². The third-order valence-electron chi connectivity index (χ3n) is 5.65. The van der Waals surface area contributed by atoms with Gasteiger partial charge in [0.05, 0.1) is 6.54 Å². The molecule has 7 heteroatoms. The number of amides is 4. The molecule has 0 aliphatic carbocycles. The Labute approximate surface area is 188 Å². The lowest BCUT2D eigenvalue weighted by molar-refractivity contribution is -0.130. The average Bonchev–Trinajstić information content (AvgIpc) is 2.98. The molecule has 1 unspecified atom stereocenters. The Bertz CT molecular complexity index is 1030. The molecule has 0 bridgehead atoms. The Morgan fingerprint density at radius 3 is 2.22 bits per heavy atom. The fourth-order valence-electron chi connectivity index (χ4n) is 3.59. The number of hydrogen-bond acceptors (Lipinski definition) is 4. The Morgan fingerprint density at radius 1 is 1.03 bits per heavy atom. The van der Waals surface area contributed by atoms with Crippen molar-refractivity contribution in [3.05, 3.63) is 65.2 Å². The van der Waals surface area contributed by atoms with E-state index < -0.39 is 17.5 Å². The summed E-state index contributed by atoms with van der Waals surface area (Å²) in [6.07, 6.45) is 1.96. The minimum absolute atomic E-state index is 0.120. The standard InChI is InChI=1S/C25H29N3O4/c1-5-6-17-7-11-19(12-8-17)25(4)23(31)28(24(32)27-25)15-21(29)18-9-13-20(14-10-18)26-22(30)16(2)3/h7-14,16H,5-6,15H2,1-4H3,(H,26,30)(H,27,32). The molecule has 0 spiro atoms. The SMILES string of the molecule is CCCc1ccc(C2(C)NC(=O)N(CC(=O)c3ccc(NC(=O)C(C)C)cc3)C2=O)cc1. The van der Waals surface area contributed by atoms with Crippen LogP contribution >= 0.6 is 0 Å². The van der Waals surface area contributed by atoms with Gasteiger partial charge in [-0.15, -0.1) is 0 Å². The highest BCUT2D eigenvalue weighted by Gasteiger charge is 2.49. The van der Waals surface area contributed by atoms with E-state index in [2.05, 4.69) is 17.6 Å². The van der Waals surface area contributed by atoms with Crippen molar-refractivity contribution in [3.63, 3.8) is 0 Å². The van der Waals surface area contributed by atoms with Crippen LogP contribution in [-0.4, -0.2) is 35.1 Å². The molecule has 7 nitrogen and oxygen atoms in total. The predicted molar refractivity (Wildman–Crippen MR) is 122 cm³/mol. The molecule has 1 aliphatic heterocycles. The largest absolute Gasteiger partial charge is 0.326 e. The van der Waals surface area contributed by atoms with E-state index in [1.165, 1.54) is 0 Å². The van der Waals surface area contributed by atoms with Gasteiger partial charge in [-0.2, -0.15) is 0 Å². The number of hydrogen-bond donors (Lipinski definition) is 2. The number of nitrogens with zero attached hydrogens (tertiary/aromatic N) is 1. The van der Waals surface area contributed by atoms with E-state index in [1.807, 2.05) is 24.3 Å². The third-order valence-corrected chi connectivity index (χ3v) is 5.65. The number of imide groups is 1. The normalized spacial score (nSPS) is 18.1. The van der Waals surface area contributed by atoms with Crippen molar-refractivity contribution in [3.8, 4) is 0 Å². The lowest BCUT2D eigenvalue weighted by Gasteiger charge is -2.22. The lowest BCUT2D eigenvalue weighted by Crippen LogP contribution is -2.41. The van der Waals surface area contributed by atoms with Gasteiger partial charge >= 0.3 is 6.03 Å². The molecule has 1 atom stereocenters. The molecule has 1 heterocycles. The maximum absolute atomic E-state index is 13.1. The van der Waals surface area contributed by atoms with Gasteiger partial charge in [0.15, 0.2) is 5.78 Å². The summed E-state index contributed by atoms with van der Waals surface area (Å²) in [6.45, 7) is 6.97. The summed E-state index contributed by atoms with van der Waals surface area (Å²) in [5.41, 5.74) is 1.56. The number of Topliss-reactive ketones (excluding diaryl/α,β-unsaturated/α-hetero) is 1. The second kappa shape index (κ2) is 9.34. The molecule has 0 aromatic heterocycles. The van der Waals surface area contributed by atoms with E-state index >= 15 is 0 Å². The molecule has 2 aromatic rings. The number of nitrogens with one attached hydrogen (secondary N) is 2. The highest BCUT2D eigenvalue weighted by Crippen LogP contribution is 2.29. The van der Waals surface area contributed by atoms with Gasteiger partial charge in [-0.3, -0.25) is 19.3 Å². The molecule has 0 radical (unpaired) electrons. The Kier molecular flexibility index (Phi) is 6.77. The van der Waals surface area contributed by atoms with Gasteiger partial charge in [-0.05, 0) is 48.7 Å². The van der Waals surface area contributed by atoms with E-state index in [0.29, 0.717) is 16.8 Å². The van der Waals surface area contributed by atoms with Crippen LogP contribution in [-0.2, 0) is 21.5 Å². The number of aryl methyl sites for hydroxylation is 1. The first kappa shape index (κ1) is 23.2. The molecular weight excluding hydrogens is 406 g/mol. The molecule has 168 valence electrons. The monoisotopic (exact) mass is 435 g/mol. The van der Waals surface area contributed by atoms with Crippen molar-refractivity contribution in [2.75, 3.05) is 11.9 Å². The second-order valence-electron chi connectivity index (χ2n) is 8.54. The number of rotatable bonds is 8. The van der Waals surface area contributed by atoms with Gasteiger partial charge in [0.1, 0.15) is 5.54 Å². The first-order chi connectivity index (χ1) is 15.2. The first-order valence-electron chi connectivity index (χ1n) is 10.8. The average molecular weight is 436 g/mol. The molecule has 1 aliphatic rings. The van der Waals surface area contributed by atoms with E-state index in [-0.39, 0.29) is 24.2 Å². The summed E-state index contributed by atoms with van der Waals surface area (Å²) in [5.74, 6) is -1.10. The number of carbonyl (C=O) groups is 4. The molecule has 1 saturated heterocycles. The zero-order valence-electron chi connectivity index (χ0n) is 18.9. The number of ketones is 1. The molecule has 32 heavy (non-hydrogen) atoms. The van der Waals surface area contributed by atoms with Gasteiger partial charge in [-0.1, -0.05) is 51.5 Å². The molecular formula is C25H29N3O4. The smallest absolute Gasteiger partial charge is 0.325 e. The maximum Gasteiger partial charge on any atom is 0.325 e. The minimum Gasteiger partial charge on any atom is -0.326 e. The van der Waals surface area contributed by atoms with Crippen molar-refractivity contribution in [1.82, 2.24) is 10.2 Å². The highest BCUT2D eigenvalue weighted by molar-refractivity contribution is 6.11. The summed E-state index contributed by atoms with van der Waals surface area (Å²) in [5, 5.41) is 5.49. The fraction of sp³-hybridized carbons (Fsp3) is 0.360. The topological polar surface area (TPSA) is 95.6 Å². The number of carbonyl (C=O) groups excluding carboxylic acids is 4. The number of anilines is 1. The maximum atomic E-state index is 13.1. The van der Waals surface area contributed by atoms with Crippen LogP contribution in [0.2, 0.25) is 0 Å². The second-order valence-corrected chi connectivity index (χ2v) is 8.54. The Morgan fingerprint density at radius 2 is 1.66 bits per heavy atom. The zero-order chi connectivity index (χ0) is 23.5. The van der Waals surface area contributed by atoms with Crippen molar-refractivity contribution in [2.24, 2.45) is 5.92 Å². The van der Waals surface area contributed by atoms with Gasteiger partial charge in [0.25, 0.3) is 5.91 Å². The quantitative estimate of drug-likeness (QED) is 0.486. The summed E-state index contributed by atoms with van der Waals surface area (Å²) in [7, 11) is 0. The van der Waals surface area contributed by atoms with Crippen molar-refractivity contribution in [2.45, 2.75) is 46.1 Å². The van der Waals surface area contributed by atoms with Crippen LogP contribution in [0.4, 0.5) is 10.5 Å². The van der Waals surface area contributed by atoms with Crippen LogP contribution in [0.25, 0.3) is 0 Å². The van der Waals surface area contributed by atoms with Crippen molar-refractivity contribution in [1.29, 1.82) is 0 Å². The zero-order valence-corrected chi connectivity index (χ0v) is 18.9. The third kappa shape index (κ3) is 4.72. The summed E-state index contributed by atoms with van der Waals surface area (Å²) in [4.78, 5) is 51.1. The molecule has 2 N–H and O–H groups in total. The summed E-state index contributed by atoms with van der Waals surface area (Å²) >= 11 is 0. The van der Waals surface area contributed by atoms with Gasteiger partial charge in [0.2, 0.25) is 5.91 Å². The molecule has 1 fully saturated rings. The fourth-order valence-corrected chi connectivity index (χ4v) is 3.59. The molecule has 4 amide bonds. The molecule has 3 rings (SSSR count). The van der Waals surface area contributed by atoms with Gasteiger partial charge in [-0.25, -0.2) is 4.79 Å². The van der Waals surface area contributed by atoms with E-state index in [9.17, 15) is 19.2 Å².